The zero-order chi connectivity index (χ0) is 17.6. The average Bonchev–Trinajstić information content (AvgIpc) is 2.46. The lowest BCUT2D eigenvalue weighted by atomic mass is 9.92. The summed E-state index contributed by atoms with van der Waals surface area (Å²) < 4.78 is 45.0. The number of nitrogens with zero attached hydrogens (tertiary/aromatic N) is 1. The summed E-state index contributed by atoms with van der Waals surface area (Å²) in [6.07, 6.45) is -4.38. The molecule has 5 nitrogen and oxygen atoms in total. The van der Waals surface area contributed by atoms with Gasteiger partial charge in [0, 0.05) is 25.1 Å². The number of rotatable bonds is 7. The van der Waals surface area contributed by atoms with Crippen LogP contribution in [0.5, 0.6) is 0 Å². The number of halogens is 3. The standard InChI is InChI=1S/C15H22F3NO4/c1-3-11(4-5-14(21)22)19(13(8-20)15(16,17)18)12-6-7-23-9-10(12)2/h10-12H,3-7,9H2,1-2H3,(H,21,22)/t10?,11?,12-/m0/s1. The summed E-state index contributed by atoms with van der Waals surface area (Å²) in [6.45, 7) is 4.06. The highest BCUT2D eigenvalue weighted by molar-refractivity contribution is 5.66. The van der Waals surface area contributed by atoms with Crippen LogP contribution in [-0.4, -0.2) is 53.4 Å². The maximum absolute atomic E-state index is 13.3. The molecule has 0 aromatic rings. The zero-order valence-electron chi connectivity index (χ0n) is 13.2. The van der Waals surface area contributed by atoms with Crippen LogP contribution in [0.2, 0.25) is 0 Å². The van der Waals surface area contributed by atoms with Crippen LogP contribution in [0.25, 0.3) is 0 Å². The molecule has 1 rings (SSSR count). The second-order valence-corrected chi connectivity index (χ2v) is 5.76. The Morgan fingerprint density at radius 1 is 1.48 bits per heavy atom. The highest BCUT2D eigenvalue weighted by atomic mass is 19.4. The lowest BCUT2D eigenvalue weighted by Crippen LogP contribution is -2.51. The molecule has 2 unspecified atom stereocenters. The first kappa shape index (κ1) is 19.5. The Hall–Kier alpha value is -1.53. The molecule has 0 spiro atoms. The molecule has 0 bridgehead atoms. The molecule has 0 aliphatic carbocycles. The Labute approximate surface area is 133 Å². The first-order chi connectivity index (χ1) is 10.7. The molecule has 132 valence electrons. The van der Waals surface area contributed by atoms with Gasteiger partial charge in [-0.3, -0.25) is 4.79 Å². The van der Waals surface area contributed by atoms with Gasteiger partial charge in [0.1, 0.15) is 0 Å². The lowest BCUT2D eigenvalue weighted by molar-refractivity contribution is -0.138. The lowest BCUT2D eigenvalue weighted by Gasteiger charge is -2.44. The van der Waals surface area contributed by atoms with Gasteiger partial charge in [-0.25, -0.2) is 4.79 Å². The van der Waals surface area contributed by atoms with E-state index in [1.807, 2.05) is 0 Å². The van der Waals surface area contributed by atoms with Gasteiger partial charge in [0.2, 0.25) is 5.70 Å². The van der Waals surface area contributed by atoms with E-state index in [-0.39, 0.29) is 18.8 Å². The van der Waals surface area contributed by atoms with Crippen LogP contribution in [0.1, 0.15) is 39.5 Å². The van der Waals surface area contributed by atoms with Crippen LogP contribution in [0.3, 0.4) is 0 Å². The van der Waals surface area contributed by atoms with Crippen molar-refractivity contribution in [2.75, 3.05) is 13.2 Å². The van der Waals surface area contributed by atoms with Gasteiger partial charge in [0.05, 0.1) is 6.61 Å². The van der Waals surface area contributed by atoms with Crippen LogP contribution in [0.4, 0.5) is 13.2 Å². The number of alkyl halides is 3. The fraction of sp³-hybridized carbons (Fsp3) is 0.800. The molecule has 0 radical (unpaired) electrons. The van der Waals surface area contributed by atoms with Crippen molar-refractivity contribution in [1.82, 2.24) is 4.90 Å². The average molecular weight is 337 g/mol. The van der Waals surface area contributed by atoms with Crippen molar-refractivity contribution in [3.05, 3.63) is 5.70 Å². The molecular weight excluding hydrogens is 315 g/mol. The maximum Gasteiger partial charge on any atom is 0.442 e. The van der Waals surface area contributed by atoms with Crippen LogP contribution < -0.4 is 0 Å². The topological polar surface area (TPSA) is 66.8 Å². The molecule has 23 heavy (non-hydrogen) atoms. The molecule has 0 aromatic carbocycles. The summed E-state index contributed by atoms with van der Waals surface area (Å²) in [5.74, 6) is -0.236. The van der Waals surface area contributed by atoms with Gasteiger partial charge in [0.25, 0.3) is 0 Å². The highest BCUT2D eigenvalue weighted by Gasteiger charge is 2.45. The number of carbonyl (C=O) groups excluding carboxylic acids is 1. The van der Waals surface area contributed by atoms with Crippen molar-refractivity contribution in [1.29, 1.82) is 0 Å². The van der Waals surface area contributed by atoms with Crippen molar-refractivity contribution in [2.45, 2.75) is 57.8 Å². The predicted octanol–water partition coefficient (Wildman–Crippen LogP) is 2.63. The van der Waals surface area contributed by atoms with Crippen LogP contribution in [0.15, 0.2) is 5.70 Å². The number of carboxylic acids is 1. The molecule has 0 amide bonds. The number of carbonyl (C=O) groups is 1. The van der Waals surface area contributed by atoms with E-state index in [9.17, 15) is 22.8 Å². The molecule has 1 saturated heterocycles. The zero-order valence-corrected chi connectivity index (χ0v) is 13.2. The van der Waals surface area contributed by atoms with Crippen LogP contribution in [-0.2, 0) is 14.3 Å². The third-order valence-corrected chi connectivity index (χ3v) is 4.13. The highest BCUT2D eigenvalue weighted by Crippen LogP contribution is 2.35. The van der Waals surface area contributed by atoms with Crippen LogP contribution >= 0.6 is 0 Å². The van der Waals surface area contributed by atoms with Gasteiger partial charge in [-0.2, -0.15) is 13.2 Å². The third-order valence-electron chi connectivity index (χ3n) is 4.13. The monoisotopic (exact) mass is 337 g/mol. The smallest absolute Gasteiger partial charge is 0.442 e. The molecule has 1 heterocycles. The summed E-state index contributed by atoms with van der Waals surface area (Å²) in [4.78, 5) is 22.8. The molecule has 8 heteroatoms. The Morgan fingerprint density at radius 2 is 2.13 bits per heavy atom. The van der Waals surface area contributed by atoms with E-state index in [0.29, 0.717) is 26.1 Å². The molecule has 3 atom stereocenters. The Morgan fingerprint density at radius 3 is 2.57 bits per heavy atom. The number of aliphatic carboxylic acids is 1. The summed E-state index contributed by atoms with van der Waals surface area (Å²) >= 11 is 0. The molecule has 0 aromatic heterocycles. The largest absolute Gasteiger partial charge is 0.481 e. The van der Waals surface area contributed by atoms with Gasteiger partial charge in [0.15, 0.2) is 5.94 Å². The fourth-order valence-electron chi connectivity index (χ4n) is 2.99. The van der Waals surface area contributed by atoms with Gasteiger partial charge >= 0.3 is 12.1 Å². The van der Waals surface area contributed by atoms with Crippen LogP contribution in [0, 0.1) is 5.92 Å². The number of allylic oxidation sites excluding steroid dienone is 1. The molecule has 1 aliphatic heterocycles. The molecule has 0 saturated carbocycles. The van der Waals surface area contributed by atoms with E-state index in [1.165, 1.54) is 0 Å². The SMILES string of the molecule is CCC(CCC(=O)O)N(C(=C=O)C(F)(F)F)[C@H]1CCOCC1C. The number of hydrogen-bond donors (Lipinski definition) is 1. The van der Waals surface area contributed by atoms with E-state index in [2.05, 4.69) is 0 Å². The summed E-state index contributed by atoms with van der Waals surface area (Å²) in [6, 6.07) is -1.21. The van der Waals surface area contributed by atoms with E-state index >= 15 is 0 Å². The number of carboxylic acid groups (broad SMARTS) is 1. The van der Waals surface area contributed by atoms with Crippen molar-refractivity contribution < 1.29 is 32.6 Å². The summed E-state index contributed by atoms with van der Waals surface area (Å²) in [5.41, 5.74) is -1.35. The third kappa shape index (κ3) is 5.25. The normalized spacial score (nSPS) is 23.0. The van der Waals surface area contributed by atoms with E-state index in [1.54, 1.807) is 13.8 Å². The van der Waals surface area contributed by atoms with Crippen molar-refractivity contribution in [2.24, 2.45) is 5.92 Å². The maximum atomic E-state index is 13.3. The quantitative estimate of drug-likeness (QED) is 0.724. The predicted molar refractivity (Wildman–Crippen MR) is 76.4 cm³/mol. The first-order valence-corrected chi connectivity index (χ1v) is 7.62. The van der Waals surface area contributed by atoms with Gasteiger partial charge in [-0.05, 0) is 25.2 Å². The second kappa shape index (κ2) is 8.36. The fourth-order valence-corrected chi connectivity index (χ4v) is 2.99. The Balaban J connectivity index is 3.17. The Bertz CT molecular complexity index is 460. The van der Waals surface area contributed by atoms with E-state index in [0.717, 1.165) is 10.8 Å². The number of hydrogen-bond acceptors (Lipinski definition) is 4. The minimum Gasteiger partial charge on any atom is -0.481 e. The minimum atomic E-state index is -4.82. The van der Waals surface area contributed by atoms with Gasteiger partial charge in [-0.15, -0.1) is 0 Å². The summed E-state index contributed by atoms with van der Waals surface area (Å²) in [5, 5.41) is 8.81. The Kier molecular flexibility index (Phi) is 7.09. The summed E-state index contributed by atoms with van der Waals surface area (Å²) in [7, 11) is 0. The van der Waals surface area contributed by atoms with Gasteiger partial charge in [-0.1, -0.05) is 13.8 Å². The van der Waals surface area contributed by atoms with E-state index in [4.69, 9.17) is 9.84 Å². The van der Waals surface area contributed by atoms with Gasteiger partial charge < -0.3 is 14.7 Å². The molecule has 1 aliphatic rings. The molecule has 1 N–H and O–H groups in total. The van der Waals surface area contributed by atoms with E-state index < -0.39 is 29.9 Å². The van der Waals surface area contributed by atoms with Crippen molar-refractivity contribution in [3.8, 4) is 0 Å². The van der Waals surface area contributed by atoms with Crippen molar-refractivity contribution in [3.63, 3.8) is 0 Å². The number of ether oxygens (including phenoxy) is 1. The molecule has 1 fully saturated rings. The second-order valence-electron chi connectivity index (χ2n) is 5.76. The minimum absolute atomic E-state index is 0.0389. The first-order valence-electron chi connectivity index (χ1n) is 7.62. The molecular formula is C15H22F3NO4. The van der Waals surface area contributed by atoms with Crippen molar-refractivity contribution >= 4 is 11.9 Å².